The topological polar surface area (TPSA) is 52.9 Å². The molecule has 0 radical (unpaired) electrons. The van der Waals surface area contributed by atoms with Gasteiger partial charge in [0.1, 0.15) is 0 Å². The van der Waals surface area contributed by atoms with Crippen molar-refractivity contribution in [3.63, 3.8) is 0 Å². The molecule has 4 nitrogen and oxygen atoms in total. The number of aliphatic hydroxyl groups excluding tert-OH is 1. The molecule has 0 aromatic heterocycles. The normalized spacial score (nSPS) is 28.4. The third-order valence-electron chi connectivity index (χ3n) is 2.64. The van der Waals surface area contributed by atoms with Crippen molar-refractivity contribution in [3.05, 3.63) is 0 Å². The van der Waals surface area contributed by atoms with Crippen molar-refractivity contribution < 1.29 is 14.9 Å². The zero-order valence-electron chi connectivity index (χ0n) is 9.94. The van der Waals surface area contributed by atoms with Gasteiger partial charge in [-0.2, -0.15) is 0 Å². The smallest absolute Gasteiger partial charge is 0.0718 e. The zero-order valence-corrected chi connectivity index (χ0v) is 9.94. The van der Waals surface area contributed by atoms with Gasteiger partial charge >= 0.3 is 0 Å². The zero-order chi connectivity index (χ0) is 11.5. The Hall–Kier alpha value is -0.160. The molecule has 1 aliphatic rings. The molecule has 1 aliphatic heterocycles. The van der Waals surface area contributed by atoms with Crippen LogP contribution in [0.3, 0.4) is 0 Å². The quantitative estimate of drug-likeness (QED) is 0.700. The van der Waals surface area contributed by atoms with Crippen molar-refractivity contribution in [2.75, 3.05) is 33.4 Å². The van der Waals surface area contributed by atoms with Crippen molar-refractivity contribution in [1.82, 2.24) is 4.90 Å². The van der Waals surface area contributed by atoms with E-state index in [-0.39, 0.29) is 12.0 Å². The number of rotatable bonds is 4. The molecule has 0 amide bonds. The Morgan fingerprint density at radius 1 is 1.47 bits per heavy atom. The molecule has 2 atom stereocenters. The van der Waals surface area contributed by atoms with Crippen LogP contribution in [0, 0.1) is 5.92 Å². The van der Waals surface area contributed by atoms with Crippen molar-refractivity contribution >= 4 is 0 Å². The third kappa shape index (κ3) is 4.93. The first-order valence-corrected chi connectivity index (χ1v) is 5.55. The molecule has 0 aromatic carbocycles. The van der Waals surface area contributed by atoms with Crippen molar-refractivity contribution in [3.8, 4) is 0 Å². The molecule has 2 unspecified atom stereocenters. The molecule has 1 rings (SSSR count). The lowest BCUT2D eigenvalue weighted by atomic mass is 9.97. The Morgan fingerprint density at radius 2 is 2.13 bits per heavy atom. The molecule has 2 N–H and O–H groups in total. The largest absolute Gasteiger partial charge is 0.393 e. The molecular weight excluding hydrogens is 194 g/mol. The minimum Gasteiger partial charge on any atom is -0.393 e. The predicted molar refractivity (Wildman–Crippen MR) is 58.7 cm³/mol. The van der Waals surface area contributed by atoms with Gasteiger partial charge in [0.2, 0.25) is 0 Å². The first-order chi connectivity index (χ1) is 6.88. The standard InChI is InChI=1S/C11H23NO3/c1-11(2,14)8-12(3)6-9-7-15-5-4-10(9)13/h9-10,13-14H,4-8H2,1-3H3. The van der Waals surface area contributed by atoms with Crippen LogP contribution in [0.15, 0.2) is 0 Å². The second-order valence-corrected chi connectivity index (χ2v) is 5.20. The van der Waals surface area contributed by atoms with Crippen LogP contribution in [-0.2, 0) is 4.74 Å². The molecule has 0 aromatic rings. The van der Waals surface area contributed by atoms with Crippen molar-refractivity contribution in [1.29, 1.82) is 0 Å². The van der Waals surface area contributed by atoms with Crippen LogP contribution in [0.1, 0.15) is 20.3 Å². The summed E-state index contributed by atoms with van der Waals surface area (Å²) in [6.07, 6.45) is 0.462. The van der Waals surface area contributed by atoms with Crippen molar-refractivity contribution in [2.45, 2.75) is 32.0 Å². The minimum absolute atomic E-state index is 0.172. The fraction of sp³-hybridized carbons (Fsp3) is 1.00. The van der Waals surface area contributed by atoms with Gasteiger partial charge in [0.25, 0.3) is 0 Å². The Balaban J connectivity index is 2.33. The monoisotopic (exact) mass is 217 g/mol. The lowest BCUT2D eigenvalue weighted by Crippen LogP contribution is -2.44. The van der Waals surface area contributed by atoms with Crippen LogP contribution in [0.5, 0.6) is 0 Å². The summed E-state index contributed by atoms with van der Waals surface area (Å²) >= 11 is 0. The van der Waals surface area contributed by atoms with E-state index in [2.05, 4.69) is 0 Å². The number of likely N-dealkylation sites (N-methyl/N-ethyl adjacent to an activating group) is 1. The van der Waals surface area contributed by atoms with E-state index < -0.39 is 5.60 Å². The van der Waals surface area contributed by atoms with Crippen LogP contribution in [0.4, 0.5) is 0 Å². The van der Waals surface area contributed by atoms with E-state index in [1.54, 1.807) is 13.8 Å². The maximum atomic E-state index is 9.75. The molecule has 0 bridgehead atoms. The van der Waals surface area contributed by atoms with E-state index in [0.29, 0.717) is 19.8 Å². The fourth-order valence-electron chi connectivity index (χ4n) is 2.09. The summed E-state index contributed by atoms with van der Waals surface area (Å²) in [4.78, 5) is 2.04. The van der Waals surface area contributed by atoms with E-state index >= 15 is 0 Å². The lowest BCUT2D eigenvalue weighted by molar-refractivity contribution is -0.0512. The number of aliphatic hydroxyl groups is 2. The summed E-state index contributed by atoms with van der Waals surface area (Å²) in [6, 6.07) is 0. The average molecular weight is 217 g/mol. The fourth-order valence-corrected chi connectivity index (χ4v) is 2.09. The van der Waals surface area contributed by atoms with Gasteiger partial charge in [-0.1, -0.05) is 0 Å². The summed E-state index contributed by atoms with van der Waals surface area (Å²) in [7, 11) is 1.96. The van der Waals surface area contributed by atoms with Gasteiger partial charge in [-0.3, -0.25) is 0 Å². The number of hydrogen-bond acceptors (Lipinski definition) is 4. The summed E-state index contributed by atoms with van der Waals surface area (Å²) in [6.45, 7) is 6.24. The predicted octanol–water partition coefficient (Wildman–Crippen LogP) is 0.0865. The molecule has 0 saturated carbocycles. The van der Waals surface area contributed by atoms with Gasteiger partial charge in [0, 0.05) is 25.6 Å². The number of nitrogens with zero attached hydrogens (tertiary/aromatic N) is 1. The molecule has 90 valence electrons. The molecule has 0 aliphatic carbocycles. The van der Waals surface area contributed by atoms with E-state index in [1.165, 1.54) is 0 Å². The highest BCUT2D eigenvalue weighted by Crippen LogP contribution is 2.16. The van der Waals surface area contributed by atoms with Gasteiger partial charge in [0.15, 0.2) is 0 Å². The maximum absolute atomic E-state index is 9.75. The summed E-state index contributed by atoms with van der Waals surface area (Å²) in [5.74, 6) is 0.172. The van der Waals surface area contributed by atoms with E-state index in [0.717, 1.165) is 13.0 Å². The van der Waals surface area contributed by atoms with Gasteiger partial charge in [-0.05, 0) is 27.3 Å². The molecular formula is C11H23NO3. The second-order valence-electron chi connectivity index (χ2n) is 5.20. The SMILES string of the molecule is CN(CC1COCCC1O)CC(C)(C)O. The molecule has 1 heterocycles. The number of hydrogen-bond donors (Lipinski definition) is 2. The Labute approximate surface area is 91.8 Å². The van der Waals surface area contributed by atoms with Gasteiger partial charge in [-0.25, -0.2) is 0 Å². The maximum Gasteiger partial charge on any atom is 0.0718 e. The van der Waals surface area contributed by atoms with Crippen LogP contribution in [0.2, 0.25) is 0 Å². The van der Waals surface area contributed by atoms with Crippen LogP contribution >= 0.6 is 0 Å². The van der Waals surface area contributed by atoms with Crippen LogP contribution in [-0.4, -0.2) is 60.2 Å². The summed E-state index contributed by atoms with van der Waals surface area (Å²) in [5.41, 5.74) is -0.685. The Bertz CT molecular complexity index is 191. The molecule has 4 heteroatoms. The minimum atomic E-state index is -0.685. The molecule has 0 spiro atoms. The lowest BCUT2D eigenvalue weighted by Gasteiger charge is -2.33. The third-order valence-corrected chi connectivity index (χ3v) is 2.64. The highest BCUT2D eigenvalue weighted by molar-refractivity contribution is 4.77. The number of ether oxygens (including phenoxy) is 1. The Kier molecular flexibility index (Phi) is 4.52. The first kappa shape index (κ1) is 12.9. The van der Waals surface area contributed by atoms with Crippen LogP contribution in [0.25, 0.3) is 0 Å². The molecule has 15 heavy (non-hydrogen) atoms. The molecule has 1 fully saturated rings. The van der Waals surface area contributed by atoms with E-state index in [1.807, 2.05) is 11.9 Å². The van der Waals surface area contributed by atoms with Crippen molar-refractivity contribution in [2.24, 2.45) is 5.92 Å². The van der Waals surface area contributed by atoms with Crippen LogP contribution < -0.4 is 0 Å². The second kappa shape index (κ2) is 5.25. The highest BCUT2D eigenvalue weighted by Gasteiger charge is 2.26. The van der Waals surface area contributed by atoms with E-state index in [4.69, 9.17) is 4.74 Å². The highest BCUT2D eigenvalue weighted by atomic mass is 16.5. The van der Waals surface area contributed by atoms with Gasteiger partial charge in [0.05, 0.1) is 18.3 Å². The van der Waals surface area contributed by atoms with Gasteiger partial charge < -0.3 is 19.8 Å². The summed E-state index contributed by atoms with van der Waals surface area (Å²) < 4.78 is 5.33. The molecule has 1 saturated heterocycles. The average Bonchev–Trinajstić information content (AvgIpc) is 2.05. The Morgan fingerprint density at radius 3 is 2.67 bits per heavy atom. The summed E-state index contributed by atoms with van der Waals surface area (Å²) in [5, 5.41) is 19.4. The van der Waals surface area contributed by atoms with Gasteiger partial charge in [-0.15, -0.1) is 0 Å². The first-order valence-electron chi connectivity index (χ1n) is 5.55. The van der Waals surface area contributed by atoms with E-state index in [9.17, 15) is 10.2 Å².